The van der Waals surface area contributed by atoms with Crippen LogP contribution in [-0.2, 0) is 8.98 Å². The molecule has 0 aliphatic carbocycles. The van der Waals surface area contributed by atoms with Crippen molar-refractivity contribution in [3.63, 3.8) is 0 Å². The quantitative estimate of drug-likeness (QED) is 0.156. The maximum atomic E-state index is 14.8. The van der Waals surface area contributed by atoms with Crippen LogP contribution in [0.3, 0.4) is 0 Å². The maximum absolute atomic E-state index is 14.8. The van der Waals surface area contributed by atoms with Crippen LogP contribution in [0.5, 0.6) is 0 Å². The van der Waals surface area contributed by atoms with E-state index in [9.17, 15) is 4.79 Å². The van der Waals surface area contributed by atoms with Gasteiger partial charge in [-0.05, 0) is 120 Å². The Bertz CT molecular complexity index is 1410. The van der Waals surface area contributed by atoms with Gasteiger partial charge in [0.1, 0.15) is 0 Å². The molecule has 0 unspecified atom stereocenters. The fourth-order valence-corrected chi connectivity index (χ4v) is 12.5. The van der Waals surface area contributed by atoms with Gasteiger partial charge in [0.2, 0.25) is 0 Å². The molecule has 3 rings (SSSR count). The van der Waals surface area contributed by atoms with Gasteiger partial charge in [0.15, 0.2) is 0 Å². The van der Waals surface area contributed by atoms with Crippen LogP contribution < -0.4 is 0 Å². The molecule has 0 atom stereocenters. The second-order valence-corrected chi connectivity index (χ2v) is 20.7. The molecule has 0 saturated carbocycles. The summed E-state index contributed by atoms with van der Waals surface area (Å²) >= 11 is 0. The number of hydrogen-bond donors (Lipinski definition) is 0. The van der Waals surface area contributed by atoms with E-state index in [0.717, 1.165) is 6.42 Å². The fourth-order valence-electron chi connectivity index (χ4n) is 7.48. The minimum atomic E-state index is -2.68. The molecule has 3 aromatic carbocycles. The Kier molecular flexibility index (Phi) is 15.0. The molecule has 0 fully saturated rings. The van der Waals surface area contributed by atoms with Crippen molar-refractivity contribution in [2.45, 2.75) is 212 Å². The van der Waals surface area contributed by atoms with Gasteiger partial charge in [0, 0.05) is 21.1 Å². The maximum Gasteiger partial charge on any atom is 0.317 e. The lowest BCUT2D eigenvalue weighted by Crippen LogP contribution is -2.24. The van der Waals surface area contributed by atoms with Gasteiger partial charge >= 0.3 is 5.97 Å². The third-order valence-corrected chi connectivity index (χ3v) is 14.3. The van der Waals surface area contributed by atoms with Crippen LogP contribution in [0.15, 0.2) is 51.1 Å². The first-order chi connectivity index (χ1) is 24.1. The Labute approximate surface area is 322 Å². The number of carbonyl (C=O) groups is 1. The molecule has 0 aromatic heterocycles. The lowest BCUT2D eigenvalue weighted by atomic mass is 9.89. The minimum absolute atomic E-state index is 0.0930. The van der Waals surface area contributed by atoms with Gasteiger partial charge in [-0.2, -0.15) is 0 Å². The summed E-state index contributed by atoms with van der Waals surface area (Å²) in [5.74, 6) is 2.39. The molecule has 0 aliphatic rings. The molecule has 0 heterocycles. The monoisotopic (exact) mass is 729 g/mol. The van der Waals surface area contributed by atoms with Gasteiger partial charge < -0.3 is 4.18 Å². The van der Waals surface area contributed by atoms with Crippen molar-refractivity contribution in [3.8, 4) is 0 Å². The largest absolute Gasteiger partial charge is 0.402 e. The van der Waals surface area contributed by atoms with Gasteiger partial charge in [-0.25, -0.2) is 0 Å². The van der Waals surface area contributed by atoms with Crippen molar-refractivity contribution in [2.75, 3.05) is 0 Å². The third kappa shape index (κ3) is 8.88. The first-order valence-electron chi connectivity index (χ1n) is 20.7. The van der Waals surface area contributed by atoms with Crippen molar-refractivity contribution in [2.24, 2.45) is 0 Å². The summed E-state index contributed by atoms with van der Waals surface area (Å²) in [7, 11) is -2.68. The normalized spacial score (nSPS) is 13.1. The highest BCUT2D eigenvalue weighted by atomic mass is 32.3. The summed E-state index contributed by atoms with van der Waals surface area (Å²) in [5, 5.41) is 0. The molecule has 2 nitrogen and oxygen atoms in total. The molecule has 3 heteroatoms. The number of rotatable bonds is 15. The average Bonchev–Trinajstić information content (AvgIpc) is 3.05. The van der Waals surface area contributed by atoms with E-state index in [1.165, 1.54) is 64.8 Å². The Morgan fingerprint density at radius 1 is 0.423 bits per heavy atom. The van der Waals surface area contributed by atoms with Crippen molar-refractivity contribution < 1.29 is 8.98 Å². The Morgan fingerprint density at radius 2 is 0.635 bits per heavy atom. The molecule has 290 valence electrons. The van der Waals surface area contributed by atoms with Gasteiger partial charge in [-0.15, -0.1) is 0 Å². The third-order valence-electron chi connectivity index (χ3n) is 10.8. The van der Waals surface area contributed by atoms with Crippen LogP contribution in [-0.4, -0.2) is 5.97 Å². The Balaban J connectivity index is 3.09. The predicted molar refractivity (Wildman–Crippen MR) is 230 cm³/mol. The van der Waals surface area contributed by atoms with E-state index in [1.807, 2.05) is 0 Å². The van der Waals surface area contributed by atoms with Crippen LogP contribution in [0.4, 0.5) is 0 Å². The van der Waals surface area contributed by atoms with Crippen LogP contribution in [0.2, 0.25) is 0 Å². The smallest absolute Gasteiger partial charge is 0.317 e. The molecule has 0 spiro atoms. The molecule has 0 amide bonds. The number of hydrogen-bond acceptors (Lipinski definition) is 2. The van der Waals surface area contributed by atoms with Gasteiger partial charge in [-0.3, -0.25) is 4.79 Å². The first kappa shape index (κ1) is 43.9. The molecule has 0 N–H and O–H groups in total. The van der Waals surface area contributed by atoms with E-state index in [1.54, 1.807) is 0 Å². The van der Waals surface area contributed by atoms with Crippen molar-refractivity contribution in [1.29, 1.82) is 0 Å². The van der Waals surface area contributed by atoms with E-state index in [2.05, 4.69) is 168 Å². The molecular formula is C49H76O2S. The van der Waals surface area contributed by atoms with Crippen molar-refractivity contribution in [1.82, 2.24) is 0 Å². The summed E-state index contributed by atoms with van der Waals surface area (Å²) in [6.45, 7) is 44.0. The standard InChI is InChI=1S/C49H76O2S/c1-20-21-46(50)51-52(47-40(31(8)9)22-37(28(2)3)23-41(47)32(10)11,48-42(33(12)13)24-38(29(4)5)25-43(48)34(14)15)49-44(35(16)17)26-39(30(6)7)27-45(49)36(18)19/h22-36H,20-21H2,1-19H3. The Hall–Kier alpha value is -2.52. The highest BCUT2D eigenvalue weighted by Crippen LogP contribution is 2.76. The van der Waals surface area contributed by atoms with Gasteiger partial charge in [0.25, 0.3) is 0 Å². The van der Waals surface area contributed by atoms with Crippen LogP contribution >= 0.6 is 10.3 Å². The van der Waals surface area contributed by atoms with Crippen LogP contribution in [0, 0.1) is 0 Å². The van der Waals surface area contributed by atoms with Gasteiger partial charge in [0.05, 0.1) is 0 Å². The van der Waals surface area contributed by atoms with Crippen molar-refractivity contribution >= 4 is 16.3 Å². The number of carbonyl (C=O) groups excluding carboxylic acids is 1. The number of benzene rings is 3. The summed E-state index contributed by atoms with van der Waals surface area (Å²) in [4.78, 5) is 18.6. The molecule has 0 radical (unpaired) electrons. The van der Waals surface area contributed by atoms with E-state index in [0.29, 0.717) is 24.2 Å². The van der Waals surface area contributed by atoms with E-state index in [4.69, 9.17) is 4.18 Å². The molecule has 0 bridgehead atoms. The molecule has 52 heavy (non-hydrogen) atoms. The molecular weight excluding hydrogens is 653 g/mol. The van der Waals surface area contributed by atoms with Crippen molar-refractivity contribution in [3.05, 3.63) is 86.5 Å². The first-order valence-corrected chi connectivity index (χ1v) is 22.3. The van der Waals surface area contributed by atoms with Crippen LogP contribution in [0.25, 0.3) is 0 Å². The lowest BCUT2D eigenvalue weighted by Gasteiger charge is -2.49. The minimum Gasteiger partial charge on any atom is -0.402 e. The zero-order valence-electron chi connectivity index (χ0n) is 36.8. The average molecular weight is 729 g/mol. The highest BCUT2D eigenvalue weighted by Gasteiger charge is 2.47. The SMILES string of the molecule is CCCC(=O)OS(c1c(C(C)C)cc(C(C)C)cc1C(C)C)(c1c(C(C)C)cc(C(C)C)cc1C(C)C)c1c(C(C)C)cc(C(C)C)cc1C(C)C. The predicted octanol–water partition coefficient (Wildman–Crippen LogP) is 16.3. The van der Waals surface area contributed by atoms with Gasteiger partial charge in [-0.1, -0.05) is 168 Å². The zero-order chi connectivity index (χ0) is 39.6. The topological polar surface area (TPSA) is 26.3 Å². The Morgan fingerprint density at radius 3 is 0.788 bits per heavy atom. The molecule has 0 aliphatic heterocycles. The lowest BCUT2D eigenvalue weighted by molar-refractivity contribution is -0.133. The molecule has 3 aromatic rings. The summed E-state index contributed by atoms with van der Waals surface area (Å²) in [6, 6.07) is 14.9. The van der Waals surface area contributed by atoms with E-state index < -0.39 is 10.3 Å². The van der Waals surface area contributed by atoms with Crippen LogP contribution in [0.1, 0.15) is 248 Å². The summed E-state index contributed by atoms with van der Waals surface area (Å²) in [5.41, 5.74) is 12.0. The summed E-state index contributed by atoms with van der Waals surface area (Å²) in [6.07, 6.45) is 1.14. The second-order valence-electron chi connectivity index (χ2n) is 18.2. The summed E-state index contributed by atoms with van der Waals surface area (Å²) < 4.78 is 7.73. The fraction of sp³-hybridized carbons (Fsp3) is 0.612. The highest BCUT2D eigenvalue weighted by molar-refractivity contribution is 8.30. The van der Waals surface area contributed by atoms with E-state index >= 15 is 0 Å². The molecule has 0 saturated heterocycles. The zero-order valence-corrected chi connectivity index (χ0v) is 37.6. The van der Waals surface area contributed by atoms with E-state index in [-0.39, 0.29) is 41.5 Å². The second kappa shape index (κ2) is 17.7.